The number of carbonyl (C=O) groups is 2. The molecule has 1 atom stereocenters. The first kappa shape index (κ1) is 18.5. The lowest BCUT2D eigenvalue weighted by atomic mass is 9.95. The number of methoxy groups -OCH3 is 1. The van der Waals surface area contributed by atoms with Crippen LogP contribution in [0, 0.1) is 5.92 Å². The number of rotatable bonds is 7. The van der Waals surface area contributed by atoms with Crippen molar-refractivity contribution < 1.29 is 19.4 Å². The van der Waals surface area contributed by atoms with Gasteiger partial charge in [-0.25, -0.2) is 0 Å². The van der Waals surface area contributed by atoms with Crippen LogP contribution in [-0.4, -0.2) is 30.6 Å². The van der Waals surface area contributed by atoms with E-state index in [9.17, 15) is 14.7 Å². The maximum atomic E-state index is 12.6. The topological polar surface area (TPSA) is 75.6 Å². The fraction of sp³-hybridized carbons (Fsp3) is 0.400. The van der Waals surface area contributed by atoms with Crippen LogP contribution in [0.1, 0.15) is 39.2 Å². The summed E-state index contributed by atoms with van der Waals surface area (Å²) in [7, 11) is 1.57. The maximum absolute atomic E-state index is 12.6. The number of hydrogen-bond acceptors (Lipinski definition) is 4. The number of amides is 1. The van der Waals surface area contributed by atoms with E-state index in [0.717, 1.165) is 30.4 Å². The average molecular weight is 373 g/mol. The normalized spacial score (nSPS) is 14.3. The molecule has 0 radical (unpaired) electrons. The van der Waals surface area contributed by atoms with Crippen molar-refractivity contribution in [1.29, 1.82) is 0 Å². The standard InChI is InChI=1S/C20H23NO4S/c1-25-17-8-4-2-6-13(17)10-14(20(23)24)11-21-19(22)16-12-26-18-9-5-3-7-15(16)18/h2,4,6,8,12,14H,3,5,7,9-11H2,1H3,(H,21,22)(H,23,24). The summed E-state index contributed by atoms with van der Waals surface area (Å²) in [6.45, 7) is 0.0941. The van der Waals surface area contributed by atoms with Crippen LogP contribution in [-0.2, 0) is 24.1 Å². The number of hydrogen-bond donors (Lipinski definition) is 2. The van der Waals surface area contributed by atoms with Gasteiger partial charge in [0.2, 0.25) is 0 Å². The molecule has 0 spiro atoms. The molecular weight excluding hydrogens is 350 g/mol. The molecule has 1 aromatic carbocycles. The Bertz CT molecular complexity index is 799. The molecule has 1 aliphatic carbocycles. The summed E-state index contributed by atoms with van der Waals surface area (Å²) >= 11 is 1.63. The SMILES string of the molecule is COc1ccccc1CC(CNC(=O)c1csc2c1CCCC2)C(=O)O. The molecule has 2 aromatic rings. The van der Waals surface area contributed by atoms with Gasteiger partial charge in [0, 0.05) is 16.8 Å². The van der Waals surface area contributed by atoms with Gasteiger partial charge in [0.15, 0.2) is 0 Å². The fourth-order valence-electron chi connectivity index (χ4n) is 3.38. The Morgan fingerprint density at radius 3 is 2.81 bits per heavy atom. The number of benzene rings is 1. The van der Waals surface area contributed by atoms with E-state index < -0.39 is 11.9 Å². The van der Waals surface area contributed by atoms with Crippen molar-refractivity contribution in [2.75, 3.05) is 13.7 Å². The molecule has 5 nitrogen and oxygen atoms in total. The molecule has 138 valence electrons. The van der Waals surface area contributed by atoms with Crippen LogP contribution in [0.2, 0.25) is 0 Å². The largest absolute Gasteiger partial charge is 0.496 e. The summed E-state index contributed by atoms with van der Waals surface area (Å²) in [5, 5.41) is 14.3. The molecule has 6 heteroatoms. The number of aryl methyl sites for hydroxylation is 1. The van der Waals surface area contributed by atoms with Crippen LogP contribution < -0.4 is 10.1 Å². The van der Waals surface area contributed by atoms with Gasteiger partial charge >= 0.3 is 5.97 Å². The van der Waals surface area contributed by atoms with Crippen molar-refractivity contribution in [1.82, 2.24) is 5.32 Å². The smallest absolute Gasteiger partial charge is 0.308 e. The van der Waals surface area contributed by atoms with Crippen LogP contribution in [0.4, 0.5) is 0 Å². The number of nitrogens with one attached hydrogen (secondary N) is 1. The second kappa shape index (κ2) is 8.36. The minimum Gasteiger partial charge on any atom is -0.496 e. The summed E-state index contributed by atoms with van der Waals surface area (Å²) < 4.78 is 5.29. The first-order valence-electron chi connectivity index (χ1n) is 8.82. The van der Waals surface area contributed by atoms with Crippen LogP contribution in [0.25, 0.3) is 0 Å². The second-order valence-corrected chi connectivity index (χ2v) is 7.48. The predicted octanol–water partition coefficient (Wildman–Crippen LogP) is 3.31. The van der Waals surface area contributed by atoms with Crippen molar-refractivity contribution in [3.05, 3.63) is 51.2 Å². The number of ether oxygens (including phenoxy) is 1. The third kappa shape index (κ3) is 4.07. The summed E-state index contributed by atoms with van der Waals surface area (Å²) in [5.74, 6) is -1.14. The van der Waals surface area contributed by atoms with E-state index in [-0.39, 0.29) is 12.5 Å². The lowest BCUT2D eigenvalue weighted by Gasteiger charge is -2.16. The molecule has 1 aromatic heterocycles. The molecule has 0 fully saturated rings. The highest BCUT2D eigenvalue weighted by molar-refractivity contribution is 7.10. The molecule has 1 aliphatic rings. The van der Waals surface area contributed by atoms with Crippen molar-refractivity contribution >= 4 is 23.2 Å². The highest BCUT2D eigenvalue weighted by Crippen LogP contribution is 2.30. The van der Waals surface area contributed by atoms with Crippen molar-refractivity contribution in [2.45, 2.75) is 32.1 Å². The average Bonchev–Trinajstić information content (AvgIpc) is 3.09. The highest BCUT2D eigenvalue weighted by Gasteiger charge is 2.23. The summed E-state index contributed by atoms with van der Waals surface area (Å²) in [5.41, 5.74) is 2.69. The monoisotopic (exact) mass is 373 g/mol. The Morgan fingerprint density at radius 2 is 2.04 bits per heavy atom. The lowest BCUT2D eigenvalue weighted by Crippen LogP contribution is -2.34. The molecule has 0 saturated heterocycles. The van der Waals surface area contributed by atoms with E-state index in [1.807, 2.05) is 29.6 Å². The molecule has 0 saturated carbocycles. The zero-order chi connectivity index (χ0) is 18.5. The Morgan fingerprint density at radius 1 is 1.27 bits per heavy atom. The molecule has 0 bridgehead atoms. The minimum absolute atomic E-state index is 0.0941. The van der Waals surface area contributed by atoms with E-state index >= 15 is 0 Å². The predicted molar refractivity (Wildman–Crippen MR) is 101 cm³/mol. The molecule has 3 rings (SSSR count). The maximum Gasteiger partial charge on any atom is 0.308 e. The second-order valence-electron chi connectivity index (χ2n) is 6.52. The quantitative estimate of drug-likeness (QED) is 0.781. The first-order chi connectivity index (χ1) is 12.6. The van der Waals surface area contributed by atoms with Gasteiger partial charge in [-0.05, 0) is 49.3 Å². The molecule has 0 aliphatic heterocycles. The first-order valence-corrected chi connectivity index (χ1v) is 9.70. The molecule has 1 unspecified atom stereocenters. The lowest BCUT2D eigenvalue weighted by molar-refractivity contribution is -0.141. The molecule has 1 amide bonds. The third-order valence-corrected chi connectivity index (χ3v) is 5.91. The van der Waals surface area contributed by atoms with E-state index in [4.69, 9.17) is 4.74 Å². The van der Waals surface area contributed by atoms with Crippen molar-refractivity contribution in [2.24, 2.45) is 5.92 Å². The number of thiophene rings is 1. The van der Waals surface area contributed by atoms with E-state index in [1.54, 1.807) is 18.4 Å². The Labute approximate surface area is 157 Å². The number of carboxylic acids is 1. The van der Waals surface area contributed by atoms with E-state index in [2.05, 4.69) is 5.32 Å². The van der Waals surface area contributed by atoms with Gasteiger partial charge in [0.25, 0.3) is 5.91 Å². The van der Waals surface area contributed by atoms with E-state index in [1.165, 1.54) is 11.3 Å². The van der Waals surface area contributed by atoms with Crippen LogP contribution in [0.5, 0.6) is 5.75 Å². The fourth-order valence-corrected chi connectivity index (χ4v) is 4.51. The van der Waals surface area contributed by atoms with Crippen molar-refractivity contribution in [3.8, 4) is 5.75 Å². The molecule has 2 N–H and O–H groups in total. The number of fused-ring (bicyclic) bond motifs is 1. The number of para-hydroxylation sites is 1. The van der Waals surface area contributed by atoms with Gasteiger partial charge in [0.05, 0.1) is 18.6 Å². The Kier molecular flexibility index (Phi) is 5.93. The van der Waals surface area contributed by atoms with Crippen molar-refractivity contribution in [3.63, 3.8) is 0 Å². The van der Waals surface area contributed by atoms with Gasteiger partial charge < -0.3 is 15.2 Å². The minimum atomic E-state index is -0.927. The molecule has 1 heterocycles. The number of carboxylic acid groups (broad SMARTS) is 1. The highest BCUT2D eigenvalue weighted by atomic mass is 32.1. The van der Waals surface area contributed by atoms with Gasteiger partial charge in [0.1, 0.15) is 5.75 Å². The number of aliphatic carboxylic acids is 1. The van der Waals surface area contributed by atoms with Crippen LogP contribution in [0.15, 0.2) is 29.6 Å². The van der Waals surface area contributed by atoms with Gasteiger partial charge in [-0.1, -0.05) is 18.2 Å². The summed E-state index contributed by atoms with van der Waals surface area (Å²) in [6.07, 6.45) is 4.56. The number of carbonyl (C=O) groups excluding carboxylic acids is 1. The zero-order valence-corrected chi connectivity index (χ0v) is 15.6. The summed E-state index contributed by atoms with van der Waals surface area (Å²) in [4.78, 5) is 25.5. The molecule has 26 heavy (non-hydrogen) atoms. The summed E-state index contributed by atoms with van der Waals surface area (Å²) in [6, 6.07) is 7.36. The van der Waals surface area contributed by atoms with Gasteiger partial charge in [-0.2, -0.15) is 0 Å². The Hall–Kier alpha value is -2.34. The molecular formula is C20H23NO4S. The third-order valence-electron chi connectivity index (χ3n) is 4.82. The van der Waals surface area contributed by atoms with E-state index in [0.29, 0.717) is 17.7 Å². The van der Waals surface area contributed by atoms with Gasteiger partial charge in [-0.15, -0.1) is 11.3 Å². The van der Waals surface area contributed by atoms with Crippen LogP contribution in [0.3, 0.4) is 0 Å². The van der Waals surface area contributed by atoms with Gasteiger partial charge in [-0.3, -0.25) is 9.59 Å². The Balaban J connectivity index is 1.66. The zero-order valence-electron chi connectivity index (χ0n) is 14.8. The van der Waals surface area contributed by atoms with Crippen LogP contribution >= 0.6 is 11.3 Å².